The minimum Gasteiger partial charge on any atom is -0.294 e. The van der Waals surface area contributed by atoms with Crippen LogP contribution in [0.2, 0.25) is 0 Å². The van der Waals surface area contributed by atoms with E-state index in [-0.39, 0.29) is 16.9 Å². The van der Waals surface area contributed by atoms with Crippen molar-refractivity contribution in [3.05, 3.63) is 84.8 Å². The maximum Gasteiger partial charge on any atom is 0.277 e. The SMILES string of the molecule is O=C1CCCC2=C1C(c1ccccc1Br)n1c(=O)c3ccccc3c(=O)n12. The number of carbonyl (C=O) groups is 1. The van der Waals surface area contributed by atoms with Crippen LogP contribution in [0.3, 0.4) is 0 Å². The number of hydrogen-bond acceptors (Lipinski definition) is 3. The van der Waals surface area contributed by atoms with Gasteiger partial charge >= 0.3 is 0 Å². The lowest BCUT2D eigenvalue weighted by atomic mass is 9.88. The Kier molecular flexibility index (Phi) is 3.59. The summed E-state index contributed by atoms with van der Waals surface area (Å²) in [5, 5.41) is 0.763. The molecule has 2 aliphatic rings. The molecule has 0 saturated carbocycles. The number of fused-ring (bicyclic) bond motifs is 3. The number of Topliss-reactive ketones (excluding diaryl/α,β-unsaturated/α-hetero) is 1. The second-order valence-corrected chi connectivity index (χ2v) is 7.73. The molecule has 0 amide bonds. The van der Waals surface area contributed by atoms with Crippen LogP contribution in [0.4, 0.5) is 0 Å². The van der Waals surface area contributed by atoms with Gasteiger partial charge in [-0.1, -0.05) is 46.3 Å². The predicted molar refractivity (Wildman–Crippen MR) is 107 cm³/mol. The third-order valence-electron chi connectivity index (χ3n) is 5.41. The summed E-state index contributed by atoms with van der Waals surface area (Å²) in [7, 11) is 0. The van der Waals surface area contributed by atoms with Crippen LogP contribution in [0.15, 0.2) is 68.2 Å². The number of ketones is 1. The van der Waals surface area contributed by atoms with Gasteiger partial charge in [-0.05, 0) is 36.6 Å². The molecular weight excluding hydrogens is 408 g/mol. The second-order valence-electron chi connectivity index (χ2n) is 6.87. The molecule has 0 saturated heterocycles. The Balaban J connectivity index is 1.96. The van der Waals surface area contributed by atoms with E-state index in [4.69, 9.17) is 0 Å². The number of carbonyl (C=O) groups excluding carboxylic acids is 1. The van der Waals surface area contributed by atoms with Gasteiger partial charge < -0.3 is 0 Å². The van der Waals surface area contributed by atoms with Gasteiger partial charge in [-0.15, -0.1) is 0 Å². The van der Waals surface area contributed by atoms with Crippen molar-refractivity contribution >= 4 is 38.2 Å². The summed E-state index contributed by atoms with van der Waals surface area (Å²) < 4.78 is 3.72. The third-order valence-corrected chi connectivity index (χ3v) is 6.13. The Hall–Kier alpha value is -2.73. The minimum atomic E-state index is -0.590. The molecule has 0 bridgehead atoms. The number of halogens is 1. The van der Waals surface area contributed by atoms with Crippen LogP contribution in [0, 0.1) is 0 Å². The summed E-state index contributed by atoms with van der Waals surface area (Å²) in [5.41, 5.74) is 1.54. The molecule has 3 aromatic rings. The van der Waals surface area contributed by atoms with E-state index in [0.717, 1.165) is 10.0 Å². The summed E-state index contributed by atoms with van der Waals surface area (Å²) in [6.45, 7) is 0. The fraction of sp³-hybridized carbons (Fsp3) is 0.190. The van der Waals surface area contributed by atoms with Crippen molar-refractivity contribution in [3.8, 4) is 0 Å². The van der Waals surface area contributed by atoms with Crippen LogP contribution in [0.5, 0.6) is 0 Å². The highest BCUT2D eigenvalue weighted by atomic mass is 79.9. The normalized spacial score (nSPS) is 18.7. The highest BCUT2D eigenvalue weighted by molar-refractivity contribution is 9.10. The average molecular weight is 423 g/mol. The van der Waals surface area contributed by atoms with Crippen molar-refractivity contribution in [1.82, 2.24) is 9.36 Å². The van der Waals surface area contributed by atoms with Gasteiger partial charge in [0, 0.05) is 16.5 Å². The maximum atomic E-state index is 13.4. The van der Waals surface area contributed by atoms with E-state index < -0.39 is 6.04 Å². The quantitative estimate of drug-likeness (QED) is 0.602. The van der Waals surface area contributed by atoms with Gasteiger partial charge in [0.25, 0.3) is 11.1 Å². The molecule has 2 heterocycles. The van der Waals surface area contributed by atoms with E-state index in [1.807, 2.05) is 24.3 Å². The van der Waals surface area contributed by atoms with Crippen molar-refractivity contribution in [2.24, 2.45) is 0 Å². The summed E-state index contributed by atoms with van der Waals surface area (Å²) in [6, 6.07) is 13.8. The summed E-state index contributed by atoms with van der Waals surface area (Å²) in [4.78, 5) is 39.5. The van der Waals surface area contributed by atoms with E-state index in [2.05, 4.69) is 15.9 Å². The molecule has 1 unspecified atom stereocenters. The first-order valence-corrected chi connectivity index (χ1v) is 9.66. The average Bonchev–Trinajstić information content (AvgIpc) is 3.03. The molecule has 5 nitrogen and oxygen atoms in total. The molecule has 0 N–H and O–H groups in total. The molecule has 134 valence electrons. The van der Waals surface area contributed by atoms with Gasteiger partial charge in [-0.3, -0.25) is 14.4 Å². The molecule has 0 spiro atoms. The fourth-order valence-electron chi connectivity index (χ4n) is 4.25. The number of rotatable bonds is 1. The van der Waals surface area contributed by atoms with Crippen molar-refractivity contribution in [2.75, 3.05) is 0 Å². The standard InChI is InChI=1S/C21H15BrN2O3/c22-15-9-4-3-8-14(15)19-18-16(10-5-11-17(18)25)23-20(26)12-6-1-2-7-13(12)21(27)24(19)23/h1-4,6-9,19H,5,10-11H2. The van der Waals surface area contributed by atoms with Crippen LogP contribution >= 0.6 is 15.9 Å². The molecule has 0 fully saturated rings. The first-order chi connectivity index (χ1) is 13.1. The predicted octanol–water partition coefficient (Wildman–Crippen LogP) is 3.49. The second kappa shape index (κ2) is 5.89. The van der Waals surface area contributed by atoms with Gasteiger partial charge in [-0.2, -0.15) is 0 Å². The van der Waals surface area contributed by atoms with E-state index in [1.165, 1.54) is 9.36 Å². The first-order valence-electron chi connectivity index (χ1n) is 8.87. The Morgan fingerprint density at radius 3 is 2.26 bits per heavy atom. The lowest BCUT2D eigenvalue weighted by molar-refractivity contribution is -0.116. The zero-order valence-electron chi connectivity index (χ0n) is 14.3. The zero-order valence-corrected chi connectivity index (χ0v) is 15.9. The summed E-state index contributed by atoms with van der Waals surface area (Å²) in [6.07, 6.45) is 1.74. The Bertz CT molecular complexity index is 1280. The fourth-order valence-corrected chi connectivity index (χ4v) is 4.75. The highest BCUT2D eigenvalue weighted by Crippen LogP contribution is 2.42. The molecule has 27 heavy (non-hydrogen) atoms. The van der Waals surface area contributed by atoms with Crippen molar-refractivity contribution < 1.29 is 4.79 Å². The largest absolute Gasteiger partial charge is 0.294 e. The van der Waals surface area contributed by atoms with Crippen molar-refractivity contribution in [3.63, 3.8) is 0 Å². The minimum absolute atomic E-state index is 0.0102. The van der Waals surface area contributed by atoms with E-state index in [1.54, 1.807) is 24.3 Å². The van der Waals surface area contributed by atoms with E-state index in [0.29, 0.717) is 41.3 Å². The van der Waals surface area contributed by atoms with Crippen LogP contribution in [-0.4, -0.2) is 15.1 Å². The van der Waals surface area contributed by atoms with Crippen LogP contribution < -0.4 is 11.1 Å². The lowest BCUT2D eigenvalue weighted by Crippen LogP contribution is -2.37. The lowest BCUT2D eigenvalue weighted by Gasteiger charge is -2.20. The molecular formula is C21H15BrN2O3. The maximum absolute atomic E-state index is 13.4. The molecule has 1 aliphatic carbocycles. The summed E-state index contributed by atoms with van der Waals surface area (Å²) in [5.74, 6) is 0.0102. The number of allylic oxidation sites excluding steroid dienone is 2. The van der Waals surface area contributed by atoms with Crippen LogP contribution in [-0.2, 0) is 4.79 Å². The Morgan fingerprint density at radius 1 is 0.852 bits per heavy atom. The van der Waals surface area contributed by atoms with Crippen LogP contribution in [0.1, 0.15) is 30.9 Å². The van der Waals surface area contributed by atoms with Gasteiger partial charge in [0.05, 0.1) is 16.5 Å². The number of benzene rings is 2. The van der Waals surface area contributed by atoms with Gasteiger partial charge in [0.1, 0.15) is 6.04 Å². The Morgan fingerprint density at radius 2 is 1.52 bits per heavy atom. The molecule has 0 radical (unpaired) electrons. The van der Waals surface area contributed by atoms with Gasteiger partial charge in [-0.25, -0.2) is 9.36 Å². The molecule has 2 aromatic carbocycles. The number of nitrogens with zero attached hydrogens (tertiary/aromatic N) is 2. The highest BCUT2D eigenvalue weighted by Gasteiger charge is 2.40. The van der Waals surface area contributed by atoms with Crippen molar-refractivity contribution in [1.29, 1.82) is 0 Å². The molecule has 1 atom stereocenters. The van der Waals surface area contributed by atoms with E-state index >= 15 is 0 Å². The number of aromatic nitrogens is 2. The van der Waals surface area contributed by atoms with Gasteiger partial charge in [0.2, 0.25) is 0 Å². The molecule has 1 aromatic heterocycles. The van der Waals surface area contributed by atoms with Crippen molar-refractivity contribution in [2.45, 2.75) is 25.3 Å². The zero-order chi connectivity index (χ0) is 18.7. The van der Waals surface area contributed by atoms with Gasteiger partial charge in [0.15, 0.2) is 5.78 Å². The smallest absolute Gasteiger partial charge is 0.277 e. The molecule has 1 aliphatic heterocycles. The van der Waals surface area contributed by atoms with E-state index in [9.17, 15) is 14.4 Å². The van der Waals surface area contributed by atoms with Crippen LogP contribution in [0.25, 0.3) is 16.5 Å². The first kappa shape index (κ1) is 16.4. The molecule has 6 heteroatoms. The third kappa shape index (κ3) is 2.19. The summed E-state index contributed by atoms with van der Waals surface area (Å²) >= 11 is 3.55. The number of hydrogen-bond donors (Lipinski definition) is 0. The Labute approximate surface area is 162 Å². The monoisotopic (exact) mass is 422 g/mol. The molecule has 5 rings (SSSR count). The topological polar surface area (TPSA) is 61.1 Å².